The van der Waals surface area contributed by atoms with Crippen molar-refractivity contribution in [1.82, 2.24) is 0 Å². The second-order valence-electron chi connectivity index (χ2n) is 5.26. The van der Waals surface area contributed by atoms with Crippen molar-refractivity contribution in [2.75, 3.05) is 13.2 Å². The number of carbonyl (C=O) groups is 1. The van der Waals surface area contributed by atoms with Gasteiger partial charge in [-0.05, 0) is 43.7 Å². The number of hydrogen-bond donors (Lipinski definition) is 0. The van der Waals surface area contributed by atoms with Crippen molar-refractivity contribution in [3.63, 3.8) is 0 Å². The molecule has 0 saturated carbocycles. The molecular weight excluding hydrogens is 264 g/mol. The molecular formula is C18H18O3. The fourth-order valence-corrected chi connectivity index (χ4v) is 2.57. The minimum atomic E-state index is 0.0694. The van der Waals surface area contributed by atoms with Gasteiger partial charge in [0.1, 0.15) is 11.5 Å². The van der Waals surface area contributed by atoms with Crippen LogP contribution in [-0.4, -0.2) is 19.0 Å². The van der Waals surface area contributed by atoms with E-state index in [0.717, 1.165) is 24.5 Å². The molecule has 0 saturated heterocycles. The van der Waals surface area contributed by atoms with Gasteiger partial charge in [-0.2, -0.15) is 0 Å². The van der Waals surface area contributed by atoms with Crippen molar-refractivity contribution >= 4 is 5.78 Å². The van der Waals surface area contributed by atoms with Gasteiger partial charge >= 0.3 is 0 Å². The topological polar surface area (TPSA) is 35.5 Å². The Hall–Kier alpha value is -2.29. The van der Waals surface area contributed by atoms with Crippen molar-refractivity contribution < 1.29 is 14.3 Å². The molecule has 0 bridgehead atoms. The van der Waals surface area contributed by atoms with E-state index in [0.29, 0.717) is 18.1 Å². The van der Waals surface area contributed by atoms with Crippen LogP contribution in [-0.2, 0) is 0 Å². The molecule has 1 atom stereocenters. The number of ketones is 1. The second kappa shape index (κ2) is 6.00. The first-order valence-corrected chi connectivity index (χ1v) is 7.19. The number of rotatable bonds is 4. The van der Waals surface area contributed by atoms with Crippen LogP contribution in [0.15, 0.2) is 48.5 Å². The molecule has 108 valence electrons. The Bertz CT molecular complexity index is 631. The third-order valence-corrected chi connectivity index (χ3v) is 3.79. The van der Waals surface area contributed by atoms with Gasteiger partial charge in [0.25, 0.3) is 0 Å². The molecule has 3 heteroatoms. The number of para-hydroxylation sites is 1. The van der Waals surface area contributed by atoms with E-state index in [2.05, 4.69) is 6.07 Å². The highest BCUT2D eigenvalue weighted by molar-refractivity contribution is 5.94. The fourth-order valence-electron chi connectivity index (χ4n) is 2.57. The van der Waals surface area contributed by atoms with Crippen LogP contribution in [0.5, 0.6) is 11.5 Å². The summed E-state index contributed by atoms with van der Waals surface area (Å²) in [5, 5.41) is 0. The third kappa shape index (κ3) is 3.07. The molecule has 0 amide bonds. The zero-order chi connectivity index (χ0) is 14.7. The molecule has 0 spiro atoms. The summed E-state index contributed by atoms with van der Waals surface area (Å²) in [4.78, 5) is 11.2. The van der Waals surface area contributed by atoms with E-state index in [4.69, 9.17) is 9.47 Å². The lowest BCUT2D eigenvalue weighted by Gasteiger charge is -2.25. The molecule has 3 nitrogen and oxygen atoms in total. The Kier molecular flexibility index (Phi) is 3.91. The first kappa shape index (κ1) is 13.7. The van der Waals surface area contributed by atoms with E-state index in [1.54, 1.807) is 19.1 Å². The van der Waals surface area contributed by atoms with Crippen LogP contribution in [0, 0.1) is 0 Å². The van der Waals surface area contributed by atoms with Gasteiger partial charge < -0.3 is 9.47 Å². The predicted octanol–water partition coefficient (Wildman–Crippen LogP) is 3.83. The monoisotopic (exact) mass is 282 g/mol. The van der Waals surface area contributed by atoms with Crippen LogP contribution in [0.4, 0.5) is 0 Å². The van der Waals surface area contributed by atoms with Crippen molar-refractivity contribution in [3.8, 4) is 11.5 Å². The van der Waals surface area contributed by atoms with Gasteiger partial charge in [0, 0.05) is 17.0 Å². The Morgan fingerprint density at radius 1 is 1.19 bits per heavy atom. The lowest BCUT2D eigenvalue weighted by Crippen LogP contribution is -2.19. The zero-order valence-corrected chi connectivity index (χ0v) is 12.0. The van der Waals surface area contributed by atoms with Crippen LogP contribution < -0.4 is 9.47 Å². The minimum absolute atomic E-state index is 0.0694. The lowest BCUT2D eigenvalue weighted by molar-refractivity contribution is 0.101. The standard InChI is InChI=1S/C18H18O3/c1-13(19)14-6-8-16(9-7-14)21-12-15-10-11-20-18-5-3-2-4-17(15)18/h2-9,15H,10-12H2,1H3. The smallest absolute Gasteiger partial charge is 0.159 e. The normalized spacial score (nSPS) is 16.7. The Labute approximate surface area is 124 Å². The van der Waals surface area contributed by atoms with Crippen molar-refractivity contribution in [2.45, 2.75) is 19.3 Å². The zero-order valence-electron chi connectivity index (χ0n) is 12.0. The van der Waals surface area contributed by atoms with E-state index in [1.165, 1.54) is 5.56 Å². The molecule has 0 radical (unpaired) electrons. The fraction of sp³-hybridized carbons (Fsp3) is 0.278. The first-order chi connectivity index (χ1) is 10.2. The summed E-state index contributed by atoms with van der Waals surface area (Å²) in [5.41, 5.74) is 1.92. The van der Waals surface area contributed by atoms with Crippen molar-refractivity contribution in [1.29, 1.82) is 0 Å². The van der Waals surface area contributed by atoms with Crippen LogP contribution in [0.2, 0.25) is 0 Å². The Morgan fingerprint density at radius 2 is 1.95 bits per heavy atom. The summed E-state index contributed by atoms with van der Waals surface area (Å²) in [7, 11) is 0. The van der Waals surface area contributed by atoms with Crippen molar-refractivity contribution in [3.05, 3.63) is 59.7 Å². The van der Waals surface area contributed by atoms with E-state index in [1.807, 2.05) is 30.3 Å². The summed E-state index contributed by atoms with van der Waals surface area (Å²) in [6.07, 6.45) is 0.961. The Morgan fingerprint density at radius 3 is 2.71 bits per heavy atom. The number of benzene rings is 2. The summed E-state index contributed by atoms with van der Waals surface area (Å²) in [6.45, 7) is 2.92. The van der Waals surface area contributed by atoms with Gasteiger partial charge in [0.05, 0.1) is 13.2 Å². The van der Waals surface area contributed by atoms with Gasteiger partial charge in [0.2, 0.25) is 0 Å². The van der Waals surface area contributed by atoms with E-state index in [9.17, 15) is 4.79 Å². The largest absolute Gasteiger partial charge is 0.493 e. The van der Waals surface area contributed by atoms with Gasteiger partial charge in [-0.3, -0.25) is 4.79 Å². The molecule has 0 N–H and O–H groups in total. The maximum atomic E-state index is 11.2. The number of carbonyl (C=O) groups excluding carboxylic acids is 1. The van der Waals surface area contributed by atoms with E-state index < -0.39 is 0 Å². The number of Topliss-reactive ketones (excluding diaryl/α,β-unsaturated/α-hetero) is 1. The molecule has 1 heterocycles. The molecule has 21 heavy (non-hydrogen) atoms. The number of fused-ring (bicyclic) bond motifs is 1. The predicted molar refractivity (Wildman–Crippen MR) is 81.2 cm³/mol. The van der Waals surface area contributed by atoms with Crippen LogP contribution in [0.25, 0.3) is 0 Å². The molecule has 3 rings (SSSR count). The highest BCUT2D eigenvalue weighted by atomic mass is 16.5. The Balaban J connectivity index is 1.67. The lowest BCUT2D eigenvalue weighted by atomic mass is 9.94. The van der Waals surface area contributed by atoms with Crippen LogP contribution in [0.3, 0.4) is 0 Å². The molecule has 1 aliphatic heterocycles. The minimum Gasteiger partial charge on any atom is -0.493 e. The quantitative estimate of drug-likeness (QED) is 0.799. The first-order valence-electron chi connectivity index (χ1n) is 7.19. The molecule has 0 aliphatic carbocycles. The van der Waals surface area contributed by atoms with E-state index >= 15 is 0 Å². The summed E-state index contributed by atoms with van der Waals surface area (Å²) >= 11 is 0. The van der Waals surface area contributed by atoms with Gasteiger partial charge in [-0.1, -0.05) is 18.2 Å². The molecule has 2 aromatic carbocycles. The maximum Gasteiger partial charge on any atom is 0.159 e. The van der Waals surface area contributed by atoms with Crippen molar-refractivity contribution in [2.24, 2.45) is 0 Å². The summed E-state index contributed by atoms with van der Waals surface area (Å²) in [6, 6.07) is 15.4. The molecule has 0 fully saturated rings. The van der Waals surface area contributed by atoms with Crippen LogP contribution >= 0.6 is 0 Å². The highest BCUT2D eigenvalue weighted by Crippen LogP contribution is 2.33. The average molecular weight is 282 g/mol. The molecule has 2 aromatic rings. The SMILES string of the molecule is CC(=O)c1ccc(OCC2CCOc3ccccc32)cc1. The second-order valence-corrected chi connectivity index (χ2v) is 5.26. The van der Waals surface area contributed by atoms with Crippen LogP contribution in [0.1, 0.15) is 35.2 Å². The highest BCUT2D eigenvalue weighted by Gasteiger charge is 2.21. The average Bonchev–Trinajstić information content (AvgIpc) is 2.53. The van der Waals surface area contributed by atoms with Gasteiger partial charge in [-0.25, -0.2) is 0 Å². The summed E-state index contributed by atoms with van der Waals surface area (Å²) < 4.78 is 11.5. The van der Waals surface area contributed by atoms with Gasteiger partial charge in [0.15, 0.2) is 5.78 Å². The maximum absolute atomic E-state index is 11.2. The number of hydrogen-bond acceptors (Lipinski definition) is 3. The molecule has 1 aliphatic rings. The van der Waals surface area contributed by atoms with Gasteiger partial charge in [-0.15, -0.1) is 0 Å². The molecule has 1 unspecified atom stereocenters. The number of ether oxygens (including phenoxy) is 2. The third-order valence-electron chi connectivity index (χ3n) is 3.79. The molecule has 0 aromatic heterocycles. The van der Waals surface area contributed by atoms with E-state index in [-0.39, 0.29) is 5.78 Å². The summed E-state index contributed by atoms with van der Waals surface area (Å²) in [5.74, 6) is 2.18.